The molecular formula is C15H28N2S. The quantitative estimate of drug-likeness (QED) is 0.762. The molecule has 0 aromatic carbocycles. The molecule has 2 fully saturated rings. The fourth-order valence-electron chi connectivity index (χ4n) is 3.43. The van der Waals surface area contributed by atoms with Crippen LogP contribution < -0.4 is 10.6 Å². The smallest absolute Gasteiger partial charge is 0.166 e. The highest BCUT2D eigenvalue weighted by atomic mass is 32.1. The first-order valence-electron chi connectivity index (χ1n) is 7.83. The molecule has 2 aliphatic carbocycles. The number of hydrogen-bond acceptors (Lipinski definition) is 1. The Kier molecular flexibility index (Phi) is 5.74. The van der Waals surface area contributed by atoms with Crippen LogP contribution in [0.2, 0.25) is 0 Å². The van der Waals surface area contributed by atoms with E-state index in [0.717, 1.165) is 11.0 Å². The molecule has 0 amide bonds. The van der Waals surface area contributed by atoms with Gasteiger partial charge in [0.1, 0.15) is 0 Å². The summed E-state index contributed by atoms with van der Waals surface area (Å²) < 4.78 is 0. The monoisotopic (exact) mass is 268 g/mol. The van der Waals surface area contributed by atoms with Gasteiger partial charge < -0.3 is 10.6 Å². The third kappa shape index (κ3) is 4.42. The van der Waals surface area contributed by atoms with Crippen LogP contribution in [0, 0.1) is 5.92 Å². The first kappa shape index (κ1) is 14.1. The van der Waals surface area contributed by atoms with Crippen molar-refractivity contribution in [2.45, 2.75) is 83.2 Å². The second-order valence-electron chi connectivity index (χ2n) is 6.14. The Hall–Kier alpha value is -0.310. The summed E-state index contributed by atoms with van der Waals surface area (Å²) >= 11 is 5.46. The largest absolute Gasteiger partial charge is 0.360 e. The first-order valence-corrected chi connectivity index (χ1v) is 8.23. The summed E-state index contributed by atoms with van der Waals surface area (Å²) in [6, 6.07) is 1.16. The standard InChI is InChI=1S/C15H28N2S/c1-12(13-8-4-2-5-9-13)16-15(18)17-14-10-6-3-7-11-14/h12-14H,2-11H2,1H3,(H2,16,17,18). The lowest BCUT2D eigenvalue weighted by atomic mass is 9.85. The van der Waals surface area contributed by atoms with E-state index in [1.807, 2.05) is 0 Å². The summed E-state index contributed by atoms with van der Waals surface area (Å²) in [5, 5.41) is 7.92. The van der Waals surface area contributed by atoms with Gasteiger partial charge in [-0.25, -0.2) is 0 Å². The van der Waals surface area contributed by atoms with Crippen molar-refractivity contribution < 1.29 is 0 Å². The molecule has 104 valence electrons. The third-order valence-electron chi connectivity index (χ3n) is 4.66. The molecule has 2 nitrogen and oxygen atoms in total. The minimum Gasteiger partial charge on any atom is -0.360 e. The normalized spacial score (nSPS) is 24.5. The van der Waals surface area contributed by atoms with Gasteiger partial charge in [-0.3, -0.25) is 0 Å². The van der Waals surface area contributed by atoms with E-state index in [4.69, 9.17) is 12.2 Å². The predicted molar refractivity (Wildman–Crippen MR) is 81.8 cm³/mol. The average molecular weight is 268 g/mol. The molecule has 1 unspecified atom stereocenters. The first-order chi connectivity index (χ1) is 8.75. The Bertz CT molecular complexity index is 255. The molecule has 2 aliphatic rings. The number of hydrogen-bond donors (Lipinski definition) is 2. The zero-order valence-electron chi connectivity index (χ0n) is 11.7. The van der Waals surface area contributed by atoms with Crippen LogP contribution in [0.25, 0.3) is 0 Å². The maximum absolute atomic E-state index is 5.46. The highest BCUT2D eigenvalue weighted by molar-refractivity contribution is 7.80. The van der Waals surface area contributed by atoms with Gasteiger partial charge in [0.25, 0.3) is 0 Å². The van der Waals surface area contributed by atoms with E-state index in [9.17, 15) is 0 Å². The van der Waals surface area contributed by atoms with E-state index in [1.54, 1.807) is 0 Å². The van der Waals surface area contributed by atoms with Gasteiger partial charge in [-0.15, -0.1) is 0 Å². The van der Waals surface area contributed by atoms with Gasteiger partial charge in [-0.2, -0.15) is 0 Å². The Labute approximate surface area is 117 Å². The van der Waals surface area contributed by atoms with E-state index in [1.165, 1.54) is 64.2 Å². The summed E-state index contributed by atoms with van der Waals surface area (Å²) in [5.74, 6) is 0.824. The summed E-state index contributed by atoms with van der Waals surface area (Å²) in [5.41, 5.74) is 0. The lowest BCUT2D eigenvalue weighted by molar-refractivity contribution is 0.300. The molecule has 3 heteroatoms. The second kappa shape index (κ2) is 7.32. The Morgan fingerprint density at radius 2 is 1.50 bits per heavy atom. The van der Waals surface area contributed by atoms with Crippen LogP contribution in [0.15, 0.2) is 0 Å². The van der Waals surface area contributed by atoms with Crippen LogP contribution in [0.3, 0.4) is 0 Å². The van der Waals surface area contributed by atoms with Crippen molar-refractivity contribution in [3.63, 3.8) is 0 Å². The van der Waals surface area contributed by atoms with Crippen molar-refractivity contribution in [2.75, 3.05) is 0 Å². The second-order valence-corrected chi connectivity index (χ2v) is 6.55. The summed E-state index contributed by atoms with van der Waals surface area (Å²) in [6.07, 6.45) is 13.7. The van der Waals surface area contributed by atoms with Gasteiger partial charge in [-0.05, 0) is 50.7 Å². The Morgan fingerprint density at radius 3 is 2.11 bits per heavy atom. The van der Waals surface area contributed by atoms with Crippen molar-refractivity contribution in [3.05, 3.63) is 0 Å². The molecule has 18 heavy (non-hydrogen) atoms. The molecule has 0 aliphatic heterocycles. The maximum Gasteiger partial charge on any atom is 0.166 e. The average Bonchev–Trinajstić information content (AvgIpc) is 2.40. The SMILES string of the molecule is CC(NC(=S)NC1CCCCC1)C1CCCCC1. The summed E-state index contributed by atoms with van der Waals surface area (Å²) in [4.78, 5) is 0. The van der Waals surface area contributed by atoms with E-state index < -0.39 is 0 Å². The van der Waals surface area contributed by atoms with E-state index in [-0.39, 0.29) is 0 Å². The Morgan fingerprint density at radius 1 is 0.944 bits per heavy atom. The van der Waals surface area contributed by atoms with Crippen LogP contribution >= 0.6 is 12.2 Å². The highest BCUT2D eigenvalue weighted by Crippen LogP contribution is 2.26. The molecule has 2 rings (SSSR count). The van der Waals surface area contributed by atoms with Crippen molar-refractivity contribution in [1.29, 1.82) is 0 Å². The molecule has 0 spiro atoms. The lowest BCUT2D eigenvalue weighted by Gasteiger charge is -2.31. The van der Waals surface area contributed by atoms with E-state index >= 15 is 0 Å². The van der Waals surface area contributed by atoms with Crippen molar-refractivity contribution in [2.24, 2.45) is 5.92 Å². The van der Waals surface area contributed by atoms with Gasteiger partial charge >= 0.3 is 0 Å². The van der Waals surface area contributed by atoms with Crippen molar-refractivity contribution in [1.82, 2.24) is 10.6 Å². The molecule has 0 saturated heterocycles. The molecule has 0 bridgehead atoms. The van der Waals surface area contributed by atoms with Gasteiger partial charge in [0.15, 0.2) is 5.11 Å². The molecule has 2 N–H and O–H groups in total. The minimum absolute atomic E-state index is 0.536. The fourth-order valence-corrected chi connectivity index (χ4v) is 3.79. The zero-order valence-corrected chi connectivity index (χ0v) is 12.5. The van der Waals surface area contributed by atoms with Gasteiger partial charge in [0.05, 0.1) is 0 Å². The van der Waals surface area contributed by atoms with Crippen LogP contribution in [0.1, 0.15) is 71.1 Å². The van der Waals surface area contributed by atoms with Crippen LogP contribution in [0.4, 0.5) is 0 Å². The topological polar surface area (TPSA) is 24.1 Å². The third-order valence-corrected chi connectivity index (χ3v) is 4.89. The maximum atomic E-state index is 5.46. The summed E-state index contributed by atoms with van der Waals surface area (Å²) in [6.45, 7) is 2.30. The number of nitrogens with one attached hydrogen (secondary N) is 2. The fraction of sp³-hybridized carbons (Fsp3) is 0.933. The van der Waals surface area contributed by atoms with Crippen LogP contribution in [-0.4, -0.2) is 17.2 Å². The minimum atomic E-state index is 0.536. The Balaban J connectivity index is 1.68. The van der Waals surface area contributed by atoms with E-state index in [2.05, 4.69) is 17.6 Å². The molecule has 0 radical (unpaired) electrons. The molecule has 0 heterocycles. The van der Waals surface area contributed by atoms with Crippen LogP contribution in [0.5, 0.6) is 0 Å². The number of thiocarbonyl (C=S) groups is 1. The molecule has 1 atom stereocenters. The van der Waals surface area contributed by atoms with Gasteiger partial charge in [-0.1, -0.05) is 38.5 Å². The van der Waals surface area contributed by atoms with Crippen molar-refractivity contribution in [3.8, 4) is 0 Å². The van der Waals surface area contributed by atoms with Crippen LogP contribution in [-0.2, 0) is 0 Å². The van der Waals surface area contributed by atoms with Crippen molar-refractivity contribution >= 4 is 17.3 Å². The molecular weight excluding hydrogens is 240 g/mol. The zero-order chi connectivity index (χ0) is 12.8. The van der Waals surface area contributed by atoms with Gasteiger partial charge in [0.2, 0.25) is 0 Å². The molecule has 0 aromatic heterocycles. The lowest BCUT2D eigenvalue weighted by Crippen LogP contribution is -2.48. The number of rotatable bonds is 3. The van der Waals surface area contributed by atoms with Gasteiger partial charge in [0, 0.05) is 12.1 Å². The highest BCUT2D eigenvalue weighted by Gasteiger charge is 2.21. The molecule has 2 saturated carbocycles. The summed E-state index contributed by atoms with van der Waals surface area (Å²) in [7, 11) is 0. The molecule has 0 aromatic rings. The van der Waals surface area contributed by atoms with E-state index in [0.29, 0.717) is 12.1 Å². The predicted octanol–water partition coefficient (Wildman–Crippen LogP) is 3.75.